The van der Waals surface area contributed by atoms with Gasteiger partial charge in [0.15, 0.2) is 0 Å². The molecule has 0 radical (unpaired) electrons. The molecule has 0 aliphatic rings. The Balaban J connectivity index is 1.94. The second-order valence-corrected chi connectivity index (χ2v) is 5.77. The van der Waals surface area contributed by atoms with E-state index in [0.717, 1.165) is 27.6 Å². The zero-order valence-corrected chi connectivity index (χ0v) is 13.4. The number of hydrogen-bond donors (Lipinski definition) is 1. The maximum absolute atomic E-state index is 6.18. The topological polar surface area (TPSA) is 35.2 Å². The third-order valence-electron chi connectivity index (χ3n) is 3.64. The van der Waals surface area contributed by atoms with E-state index in [-0.39, 0.29) is 0 Å². The van der Waals surface area contributed by atoms with Crippen molar-refractivity contribution in [2.75, 3.05) is 0 Å². The average Bonchev–Trinajstić information content (AvgIpc) is 2.54. The monoisotopic (exact) mass is 331 g/mol. The van der Waals surface area contributed by atoms with Crippen molar-refractivity contribution < 1.29 is 4.74 Å². The van der Waals surface area contributed by atoms with Crippen molar-refractivity contribution in [2.24, 2.45) is 5.73 Å². The highest BCUT2D eigenvalue weighted by Gasteiger charge is 2.10. The van der Waals surface area contributed by atoms with Crippen LogP contribution in [0.1, 0.15) is 11.1 Å². The number of rotatable bonds is 4. The summed E-state index contributed by atoms with van der Waals surface area (Å²) in [4.78, 5) is 0. The second-order valence-electron chi connectivity index (χ2n) is 4.96. The summed E-state index contributed by atoms with van der Waals surface area (Å²) in [5, 5.41) is 3.45. The molecule has 0 saturated heterocycles. The van der Waals surface area contributed by atoms with E-state index in [2.05, 4.69) is 6.07 Å². The van der Waals surface area contributed by atoms with E-state index >= 15 is 0 Å². The van der Waals surface area contributed by atoms with Gasteiger partial charge in [-0.2, -0.15) is 0 Å². The van der Waals surface area contributed by atoms with Crippen LogP contribution in [0.3, 0.4) is 0 Å². The molecule has 0 spiro atoms. The Labute approximate surface area is 139 Å². The Hall–Kier alpha value is -1.74. The molecule has 3 aromatic carbocycles. The third kappa shape index (κ3) is 2.91. The van der Waals surface area contributed by atoms with Crippen LogP contribution in [0.15, 0.2) is 54.6 Å². The van der Waals surface area contributed by atoms with E-state index in [0.29, 0.717) is 23.2 Å². The molecule has 0 fully saturated rings. The van der Waals surface area contributed by atoms with Gasteiger partial charge in [-0.3, -0.25) is 0 Å². The maximum Gasteiger partial charge on any atom is 0.124 e. The van der Waals surface area contributed by atoms with Crippen LogP contribution in [0.2, 0.25) is 10.0 Å². The fourth-order valence-electron chi connectivity index (χ4n) is 2.48. The molecule has 0 amide bonds. The number of ether oxygens (including phenoxy) is 1. The number of hydrogen-bond acceptors (Lipinski definition) is 2. The minimum absolute atomic E-state index is 0.309. The van der Waals surface area contributed by atoms with E-state index in [1.54, 1.807) is 12.1 Å². The Morgan fingerprint density at radius 1 is 0.818 bits per heavy atom. The lowest BCUT2D eigenvalue weighted by atomic mass is 10.0. The van der Waals surface area contributed by atoms with Crippen LogP contribution in [0, 0.1) is 0 Å². The van der Waals surface area contributed by atoms with Crippen LogP contribution >= 0.6 is 23.2 Å². The Kier molecular flexibility index (Phi) is 4.53. The first-order chi connectivity index (χ1) is 10.7. The van der Waals surface area contributed by atoms with Gasteiger partial charge in [0.1, 0.15) is 12.4 Å². The van der Waals surface area contributed by atoms with Gasteiger partial charge < -0.3 is 10.5 Å². The molecule has 0 atom stereocenters. The number of fused-ring (bicyclic) bond motifs is 1. The van der Waals surface area contributed by atoms with Crippen molar-refractivity contribution in [3.05, 3.63) is 75.8 Å². The van der Waals surface area contributed by atoms with E-state index in [1.807, 2.05) is 36.4 Å². The summed E-state index contributed by atoms with van der Waals surface area (Å²) in [6.07, 6.45) is 0. The molecular weight excluding hydrogens is 317 g/mol. The summed E-state index contributed by atoms with van der Waals surface area (Å²) >= 11 is 12.4. The van der Waals surface area contributed by atoms with Gasteiger partial charge in [0, 0.05) is 27.7 Å². The third-order valence-corrected chi connectivity index (χ3v) is 4.34. The zero-order valence-electron chi connectivity index (χ0n) is 11.9. The van der Waals surface area contributed by atoms with Crippen LogP contribution in [0.25, 0.3) is 10.8 Å². The molecule has 2 N–H and O–H groups in total. The Bertz CT molecular complexity index is 797. The first-order valence-electron chi connectivity index (χ1n) is 6.97. The molecule has 0 aliphatic heterocycles. The van der Waals surface area contributed by atoms with E-state index in [4.69, 9.17) is 33.7 Å². The Morgan fingerprint density at radius 2 is 1.55 bits per heavy atom. The van der Waals surface area contributed by atoms with Gasteiger partial charge in [-0.05, 0) is 29.0 Å². The summed E-state index contributed by atoms with van der Waals surface area (Å²) < 4.78 is 5.93. The van der Waals surface area contributed by atoms with Crippen LogP contribution in [-0.2, 0) is 13.2 Å². The molecule has 3 rings (SSSR count). The van der Waals surface area contributed by atoms with Crippen molar-refractivity contribution in [1.82, 2.24) is 0 Å². The molecule has 0 saturated carbocycles. The zero-order chi connectivity index (χ0) is 15.5. The molecule has 22 heavy (non-hydrogen) atoms. The minimum Gasteiger partial charge on any atom is -0.488 e. The van der Waals surface area contributed by atoms with Crippen molar-refractivity contribution in [3.8, 4) is 5.75 Å². The predicted octanol–water partition coefficient (Wildman–Crippen LogP) is 5.18. The largest absolute Gasteiger partial charge is 0.488 e. The molecule has 0 heterocycles. The highest BCUT2D eigenvalue weighted by molar-refractivity contribution is 6.35. The van der Waals surface area contributed by atoms with Crippen molar-refractivity contribution in [1.29, 1.82) is 0 Å². The van der Waals surface area contributed by atoms with Gasteiger partial charge in [-0.1, -0.05) is 59.6 Å². The van der Waals surface area contributed by atoms with Gasteiger partial charge in [0.25, 0.3) is 0 Å². The van der Waals surface area contributed by atoms with Crippen molar-refractivity contribution in [3.63, 3.8) is 0 Å². The van der Waals surface area contributed by atoms with Gasteiger partial charge in [-0.15, -0.1) is 0 Å². The highest BCUT2D eigenvalue weighted by Crippen LogP contribution is 2.30. The SMILES string of the molecule is NCc1c(OCc2c(Cl)cccc2Cl)ccc2ccccc12. The fourth-order valence-corrected chi connectivity index (χ4v) is 2.99. The molecule has 3 aromatic rings. The van der Waals surface area contributed by atoms with E-state index in [1.165, 1.54) is 0 Å². The normalized spacial score (nSPS) is 10.9. The highest BCUT2D eigenvalue weighted by atomic mass is 35.5. The summed E-state index contributed by atoms with van der Waals surface area (Å²) in [5.41, 5.74) is 7.68. The first kappa shape index (κ1) is 15.2. The van der Waals surface area contributed by atoms with Crippen LogP contribution in [0.5, 0.6) is 5.75 Å². The number of nitrogens with two attached hydrogens (primary N) is 1. The van der Waals surface area contributed by atoms with E-state index < -0.39 is 0 Å². The summed E-state index contributed by atoms with van der Waals surface area (Å²) in [5.74, 6) is 0.761. The second kappa shape index (κ2) is 6.57. The van der Waals surface area contributed by atoms with Crippen LogP contribution < -0.4 is 10.5 Å². The maximum atomic E-state index is 6.18. The summed E-state index contributed by atoms with van der Waals surface area (Å²) in [6, 6.07) is 17.5. The van der Waals surface area contributed by atoms with Crippen LogP contribution in [-0.4, -0.2) is 0 Å². The smallest absolute Gasteiger partial charge is 0.124 e. The molecule has 0 aliphatic carbocycles. The minimum atomic E-state index is 0.309. The quantitative estimate of drug-likeness (QED) is 0.714. The molecule has 0 aromatic heterocycles. The number of halogens is 2. The number of benzene rings is 3. The fraction of sp³-hybridized carbons (Fsp3) is 0.111. The lowest BCUT2D eigenvalue weighted by Crippen LogP contribution is -2.04. The lowest BCUT2D eigenvalue weighted by Gasteiger charge is -2.14. The average molecular weight is 332 g/mol. The predicted molar refractivity (Wildman–Crippen MR) is 92.6 cm³/mol. The standard InChI is InChI=1S/C18H15Cl2NO/c19-16-6-3-7-17(20)15(16)11-22-18-9-8-12-4-1-2-5-13(12)14(18)10-21/h1-9H,10-11,21H2. The van der Waals surface area contributed by atoms with Crippen molar-refractivity contribution in [2.45, 2.75) is 13.2 Å². The van der Waals surface area contributed by atoms with Gasteiger partial charge >= 0.3 is 0 Å². The van der Waals surface area contributed by atoms with Crippen LogP contribution in [0.4, 0.5) is 0 Å². The van der Waals surface area contributed by atoms with Gasteiger partial charge in [0.2, 0.25) is 0 Å². The molecule has 112 valence electrons. The molecular formula is C18H15Cl2NO. The van der Waals surface area contributed by atoms with Crippen molar-refractivity contribution >= 4 is 34.0 Å². The van der Waals surface area contributed by atoms with Gasteiger partial charge in [-0.25, -0.2) is 0 Å². The molecule has 4 heteroatoms. The Morgan fingerprint density at radius 3 is 2.27 bits per heavy atom. The summed E-state index contributed by atoms with van der Waals surface area (Å²) in [6.45, 7) is 0.719. The molecule has 0 unspecified atom stereocenters. The summed E-state index contributed by atoms with van der Waals surface area (Å²) in [7, 11) is 0. The lowest BCUT2D eigenvalue weighted by molar-refractivity contribution is 0.304. The molecule has 2 nitrogen and oxygen atoms in total. The van der Waals surface area contributed by atoms with Gasteiger partial charge in [0.05, 0.1) is 0 Å². The first-order valence-corrected chi connectivity index (χ1v) is 7.72. The molecule has 0 bridgehead atoms. The van der Waals surface area contributed by atoms with E-state index in [9.17, 15) is 0 Å².